The van der Waals surface area contributed by atoms with Crippen LogP contribution in [-0.2, 0) is 0 Å². The number of amides is 2. The predicted octanol–water partition coefficient (Wildman–Crippen LogP) is 4.44. The van der Waals surface area contributed by atoms with E-state index in [2.05, 4.69) is 21.1 Å². The Morgan fingerprint density at radius 3 is 1.39 bits per heavy atom. The number of benzene rings is 6. The maximum absolute atomic E-state index is 12.4. The number of carbonyl (C=O) groups excluding carboxylic acids is 2. The molecule has 0 radical (unpaired) electrons. The zero-order valence-electron chi connectivity index (χ0n) is 31.5. The number of hydrazone groups is 2. The quantitative estimate of drug-likeness (QED) is 0.114. The van der Waals surface area contributed by atoms with Gasteiger partial charge in [-0.25, -0.2) is 10.9 Å². The number of ether oxygens (including phenoxy) is 2. The number of phenols is 5. The van der Waals surface area contributed by atoms with E-state index in [1.54, 1.807) is 36.4 Å². The molecule has 0 fully saturated rings. The molecule has 0 aliphatic carbocycles. The summed E-state index contributed by atoms with van der Waals surface area (Å²) in [6.07, 6.45) is -0.768. The second-order valence-corrected chi connectivity index (χ2v) is 13.5. The zero-order chi connectivity index (χ0) is 42.5. The molecule has 0 saturated carbocycles. The molecule has 2 atom stereocenters. The Kier molecular flexibility index (Phi) is 13.7. The molecule has 0 saturated heterocycles. The van der Waals surface area contributed by atoms with Gasteiger partial charge in [-0.1, -0.05) is 90.0 Å². The maximum Gasteiger partial charge on any atom is 3.00 e. The number of phenolic OH excluding ortho intramolecular Hbond substituents is 5. The maximum atomic E-state index is 12.4. The predicted molar refractivity (Wildman–Crippen MR) is 209 cm³/mol. The molecule has 308 valence electrons. The second kappa shape index (κ2) is 19.1. The van der Waals surface area contributed by atoms with Gasteiger partial charge < -0.3 is 50.3 Å². The molecule has 0 bridgehead atoms. The molecule has 17 heteroatoms. The smallest absolute Gasteiger partial charge is 0.872 e. The number of carbonyl (C=O) groups is 2. The first-order valence-electron chi connectivity index (χ1n) is 18.1. The van der Waals surface area contributed by atoms with Crippen molar-refractivity contribution in [3.05, 3.63) is 155 Å². The van der Waals surface area contributed by atoms with Crippen LogP contribution in [0.4, 0.5) is 0 Å². The Bertz CT molecular complexity index is 2470. The molecule has 6 aromatic rings. The number of nitrogens with one attached hydrogen (secondary N) is 2. The number of para-hydroxylation sites is 2. The minimum absolute atomic E-state index is 0. The summed E-state index contributed by atoms with van der Waals surface area (Å²) in [5.74, 6) is -2.97. The monoisotopic (exact) mass is 962 g/mol. The number of aromatic hydroxyl groups is 5. The van der Waals surface area contributed by atoms with E-state index in [9.17, 15) is 50.4 Å². The Morgan fingerprint density at radius 1 is 0.525 bits per heavy atom. The molecule has 2 aliphatic heterocycles. The van der Waals surface area contributed by atoms with Crippen LogP contribution in [0.1, 0.15) is 68.0 Å². The fourth-order valence-electron chi connectivity index (χ4n) is 6.49. The van der Waals surface area contributed by atoms with Crippen LogP contribution >= 0.6 is 0 Å². The first-order chi connectivity index (χ1) is 28.8. The molecule has 7 N–H and O–H groups in total. The third kappa shape index (κ3) is 10.1. The molecule has 16 nitrogen and oxygen atoms in total. The molecule has 6 aromatic carbocycles. The van der Waals surface area contributed by atoms with Crippen molar-refractivity contribution in [3.63, 3.8) is 0 Å². The summed E-state index contributed by atoms with van der Waals surface area (Å²) in [6, 6.07) is 29.0. The third-order valence-electron chi connectivity index (χ3n) is 9.37. The van der Waals surface area contributed by atoms with Gasteiger partial charge in [0.2, 0.25) is 0 Å². The van der Waals surface area contributed by atoms with Gasteiger partial charge >= 0.3 is 49.4 Å². The van der Waals surface area contributed by atoms with Crippen molar-refractivity contribution in [1.29, 1.82) is 0 Å². The first-order valence-corrected chi connectivity index (χ1v) is 18.1. The van der Waals surface area contributed by atoms with E-state index in [-0.39, 0.29) is 130 Å². The molecular formula is C44H33EuN4O12. The fraction of sp³-hybridized carbons (Fsp3) is 0.0909. The average molecular weight is 962 g/mol. The van der Waals surface area contributed by atoms with Crippen molar-refractivity contribution >= 4 is 23.2 Å². The van der Waals surface area contributed by atoms with Gasteiger partial charge in [-0.3, -0.25) is 9.59 Å². The van der Waals surface area contributed by atoms with Gasteiger partial charge in [-0.05, 0) is 41.5 Å². The van der Waals surface area contributed by atoms with E-state index in [4.69, 9.17) is 9.47 Å². The van der Waals surface area contributed by atoms with Crippen molar-refractivity contribution in [2.24, 2.45) is 10.2 Å². The molecule has 61 heavy (non-hydrogen) atoms. The fourth-order valence-corrected chi connectivity index (χ4v) is 6.49. The van der Waals surface area contributed by atoms with Crippen LogP contribution in [-0.4, -0.2) is 48.8 Å². The molecule has 0 spiro atoms. The Morgan fingerprint density at radius 2 is 0.934 bits per heavy atom. The number of hydrogen-bond donors (Lipinski definition) is 7. The SMILES string of the molecule is O=C(N/N=C1\CC(c2ccc(O)cc2)Oc2cc(O)cc(O)c21)c1ccccc1[O-].O=C(N/N=C1\CC(c2ccc(O)cc2)Oc2cc(O)cc([O-])c21)c1ccccc1[O-].[Eu+3]. The summed E-state index contributed by atoms with van der Waals surface area (Å²) in [7, 11) is 0. The Hall–Kier alpha value is -6.82. The molecule has 2 aliphatic rings. The number of hydrogen-bond acceptors (Lipinski definition) is 14. The van der Waals surface area contributed by atoms with Crippen LogP contribution in [0.5, 0.6) is 57.5 Å². The Balaban J connectivity index is 0.000000201. The molecule has 0 aromatic heterocycles. The number of rotatable bonds is 6. The van der Waals surface area contributed by atoms with Gasteiger partial charge in [0.1, 0.15) is 52.5 Å². The van der Waals surface area contributed by atoms with Gasteiger partial charge in [-0.15, -0.1) is 0 Å². The summed E-state index contributed by atoms with van der Waals surface area (Å²) in [4.78, 5) is 24.7. The number of nitrogens with zero attached hydrogens (tertiary/aromatic N) is 2. The normalized spacial score (nSPS) is 16.3. The van der Waals surface area contributed by atoms with Gasteiger partial charge in [0, 0.05) is 47.7 Å². The van der Waals surface area contributed by atoms with Crippen molar-refractivity contribution in [3.8, 4) is 57.5 Å². The summed E-state index contributed by atoms with van der Waals surface area (Å²) >= 11 is 0. The van der Waals surface area contributed by atoms with E-state index in [1.165, 1.54) is 72.8 Å². The average Bonchev–Trinajstić information content (AvgIpc) is 3.22. The summed E-state index contributed by atoms with van der Waals surface area (Å²) < 4.78 is 11.8. The third-order valence-corrected chi connectivity index (χ3v) is 9.37. The summed E-state index contributed by atoms with van der Waals surface area (Å²) in [5, 5.41) is 93.3. The van der Waals surface area contributed by atoms with Crippen LogP contribution in [0.25, 0.3) is 0 Å². The Labute approximate surface area is 387 Å². The first kappa shape index (κ1) is 43.8. The van der Waals surface area contributed by atoms with Crippen LogP contribution < -0.4 is 35.6 Å². The van der Waals surface area contributed by atoms with Gasteiger partial charge in [0.05, 0.1) is 17.0 Å². The molecule has 8 rings (SSSR count). The van der Waals surface area contributed by atoms with Crippen LogP contribution in [0.15, 0.2) is 132 Å². The molecular weight excluding hydrogens is 928 g/mol. The topological polar surface area (TPSA) is 272 Å². The minimum Gasteiger partial charge on any atom is -0.872 e. The van der Waals surface area contributed by atoms with Gasteiger partial charge in [-0.2, -0.15) is 10.2 Å². The minimum atomic E-state index is -0.700. The van der Waals surface area contributed by atoms with E-state index in [0.29, 0.717) is 11.3 Å². The van der Waals surface area contributed by atoms with Crippen LogP contribution in [0, 0.1) is 49.4 Å². The molecule has 2 amide bonds. The molecule has 2 heterocycles. The van der Waals surface area contributed by atoms with E-state index in [1.807, 2.05) is 0 Å². The standard InChI is InChI=1S/2C22H18N2O6.Eu/c2*25-13-7-5-12(6-8-13)19-11-16(21-18(28)9-14(26)10-20(21)30-19)23-24-22(29)15-3-1-2-4-17(15)27;/h2*1-10,19,25-28H,11H2,(H,24,29);/q;;+3/p-3/b2*23-16+;. The van der Waals surface area contributed by atoms with Gasteiger partial charge in [0.25, 0.3) is 11.8 Å². The molecule has 2 unspecified atom stereocenters. The van der Waals surface area contributed by atoms with Crippen LogP contribution in [0.3, 0.4) is 0 Å². The van der Waals surface area contributed by atoms with Gasteiger partial charge in [0.15, 0.2) is 0 Å². The van der Waals surface area contributed by atoms with Crippen molar-refractivity contribution in [1.82, 2.24) is 10.9 Å². The second-order valence-electron chi connectivity index (χ2n) is 13.5. The van der Waals surface area contributed by atoms with Crippen molar-refractivity contribution in [2.75, 3.05) is 0 Å². The van der Waals surface area contributed by atoms with Crippen molar-refractivity contribution < 1.29 is 109 Å². The summed E-state index contributed by atoms with van der Waals surface area (Å²) in [6.45, 7) is 0. The zero-order valence-corrected chi connectivity index (χ0v) is 33.9. The van der Waals surface area contributed by atoms with Crippen molar-refractivity contribution in [2.45, 2.75) is 25.0 Å². The van der Waals surface area contributed by atoms with Crippen LogP contribution in [0.2, 0.25) is 0 Å². The largest absolute Gasteiger partial charge is 3.00 e. The van der Waals surface area contributed by atoms with E-state index >= 15 is 0 Å². The number of fused-ring (bicyclic) bond motifs is 2. The van der Waals surface area contributed by atoms with E-state index in [0.717, 1.165) is 17.7 Å². The summed E-state index contributed by atoms with van der Waals surface area (Å²) in [5.41, 5.74) is 6.90. The van der Waals surface area contributed by atoms with E-state index < -0.39 is 41.3 Å².